The van der Waals surface area contributed by atoms with Gasteiger partial charge in [-0.1, -0.05) is 41.4 Å². The van der Waals surface area contributed by atoms with Gasteiger partial charge in [-0.25, -0.2) is 4.79 Å². The molecule has 0 saturated carbocycles. The Labute approximate surface area is 139 Å². The van der Waals surface area contributed by atoms with Crippen LogP contribution in [0.25, 0.3) is 11.1 Å². The Kier molecular flexibility index (Phi) is 4.27. The van der Waals surface area contributed by atoms with E-state index in [1.165, 1.54) is 5.56 Å². The van der Waals surface area contributed by atoms with Gasteiger partial charge < -0.3 is 10.5 Å². The van der Waals surface area contributed by atoms with E-state index in [2.05, 4.69) is 6.07 Å². The fourth-order valence-corrected chi connectivity index (χ4v) is 3.17. The molecular formula is C17H15Cl2NO2. The Balaban J connectivity index is 2.01. The number of rotatable bonds is 2. The molecule has 2 aromatic carbocycles. The second kappa shape index (κ2) is 6.19. The fourth-order valence-electron chi connectivity index (χ4n) is 2.87. The first-order chi connectivity index (χ1) is 10.5. The predicted molar refractivity (Wildman–Crippen MR) is 88.2 cm³/mol. The van der Waals surface area contributed by atoms with Gasteiger partial charge in [0.2, 0.25) is 0 Å². The van der Waals surface area contributed by atoms with Crippen molar-refractivity contribution in [1.29, 1.82) is 0 Å². The molecular weight excluding hydrogens is 321 g/mol. The maximum Gasteiger partial charge on any atom is 0.405 e. The van der Waals surface area contributed by atoms with Crippen LogP contribution in [0.2, 0.25) is 10.0 Å². The molecule has 0 radical (unpaired) electrons. The SMILES string of the molecule is NC(=O)OC1CCCc2ccc(-c3ccc(Cl)c(Cl)c3)cc21. The lowest BCUT2D eigenvalue weighted by atomic mass is 9.87. The van der Waals surface area contributed by atoms with Gasteiger partial charge in [-0.3, -0.25) is 0 Å². The average Bonchev–Trinajstić information content (AvgIpc) is 2.49. The third kappa shape index (κ3) is 3.06. The number of carbonyl (C=O) groups excluding carboxylic acids is 1. The largest absolute Gasteiger partial charge is 0.442 e. The summed E-state index contributed by atoms with van der Waals surface area (Å²) in [6.45, 7) is 0. The van der Waals surface area contributed by atoms with Crippen molar-refractivity contribution in [2.24, 2.45) is 5.73 Å². The first-order valence-electron chi connectivity index (χ1n) is 7.09. The Morgan fingerprint density at radius 1 is 1.09 bits per heavy atom. The van der Waals surface area contributed by atoms with Crippen LogP contribution < -0.4 is 5.73 Å². The molecule has 5 heteroatoms. The van der Waals surface area contributed by atoms with Crippen LogP contribution in [0.15, 0.2) is 36.4 Å². The first kappa shape index (κ1) is 15.2. The quantitative estimate of drug-likeness (QED) is 0.826. The van der Waals surface area contributed by atoms with Gasteiger partial charge in [0, 0.05) is 0 Å². The molecule has 1 unspecified atom stereocenters. The van der Waals surface area contributed by atoms with E-state index in [1.54, 1.807) is 6.07 Å². The second-order valence-corrected chi connectivity index (χ2v) is 6.17. The molecule has 1 atom stereocenters. The molecule has 3 nitrogen and oxygen atoms in total. The zero-order valence-corrected chi connectivity index (χ0v) is 13.3. The molecule has 2 N–H and O–H groups in total. The monoisotopic (exact) mass is 335 g/mol. The molecule has 1 aliphatic carbocycles. The second-order valence-electron chi connectivity index (χ2n) is 5.36. The van der Waals surface area contributed by atoms with Crippen molar-refractivity contribution >= 4 is 29.3 Å². The average molecular weight is 336 g/mol. The van der Waals surface area contributed by atoms with Gasteiger partial charge in [0.25, 0.3) is 0 Å². The molecule has 22 heavy (non-hydrogen) atoms. The summed E-state index contributed by atoms with van der Waals surface area (Å²) < 4.78 is 5.24. The van der Waals surface area contributed by atoms with Gasteiger partial charge in [-0.2, -0.15) is 0 Å². The number of primary amides is 1. The Hall–Kier alpha value is -1.71. The minimum atomic E-state index is -0.738. The van der Waals surface area contributed by atoms with Gasteiger partial charge in [0.05, 0.1) is 10.0 Å². The van der Waals surface area contributed by atoms with Crippen molar-refractivity contribution in [2.75, 3.05) is 0 Å². The Morgan fingerprint density at radius 2 is 1.82 bits per heavy atom. The molecule has 3 rings (SSSR count). The summed E-state index contributed by atoms with van der Waals surface area (Å²) in [5.74, 6) is 0. The number of ether oxygens (including phenoxy) is 1. The molecule has 2 aromatic rings. The van der Waals surface area contributed by atoms with E-state index < -0.39 is 6.09 Å². The van der Waals surface area contributed by atoms with Crippen LogP contribution in [0, 0.1) is 0 Å². The van der Waals surface area contributed by atoms with Gasteiger partial charge in [0.1, 0.15) is 6.10 Å². The zero-order valence-electron chi connectivity index (χ0n) is 11.8. The summed E-state index contributed by atoms with van der Waals surface area (Å²) in [5, 5.41) is 1.04. The van der Waals surface area contributed by atoms with Crippen LogP contribution in [0.1, 0.15) is 30.1 Å². The highest BCUT2D eigenvalue weighted by atomic mass is 35.5. The van der Waals surface area contributed by atoms with Crippen LogP contribution in [0.5, 0.6) is 0 Å². The van der Waals surface area contributed by atoms with Crippen molar-refractivity contribution in [3.63, 3.8) is 0 Å². The van der Waals surface area contributed by atoms with Crippen LogP contribution in [-0.2, 0) is 11.2 Å². The Bertz CT molecular complexity index is 731. The highest BCUT2D eigenvalue weighted by Crippen LogP contribution is 2.36. The number of hydrogen-bond donors (Lipinski definition) is 1. The van der Waals surface area contributed by atoms with E-state index in [1.807, 2.05) is 24.3 Å². The summed E-state index contributed by atoms with van der Waals surface area (Å²) in [4.78, 5) is 11.1. The lowest BCUT2D eigenvalue weighted by Crippen LogP contribution is -2.20. The third-order valence-electron chi connectivity index (χ3n) is 3.92. The number of aryl methyl sites for hydroxylation is 1. The highest BCUT2D eigenvalue weighted by Gasteiger charge is 2.23. The third-order valence-corrected chi connectivity index (χ3v) is 4.66. The Morgan fingerprint density at radius 3 is 2.55 bits per heavy atom. The van der Waals surface area contributed by atoms with Gasteiger partial charge in [-0.15, -0.1) is 0 Å². The van der Waals surface area contributed by atoms with Crippen molar-refractivity contribution in [2.45, 2.75) is 25.4 Å². The highest BCUT2D eigenvalue weighted by molar-refractivity contribution is 6.42. The van der Waals surface area contributed by atoms with E-state index in [4.69, 9.17) is 33.7 Å². The molecule has 0 bridgehead atoms. The molecule has 0 aromatic heterocycles. The number of carbonyl (C=O) groups is 1. The molecule has 0 heterocycles. The summed E-state index contributed by atoms with van der Waals surface area (Å²) in [7, 11) is 0. The number of benzene rings is 2. The summed E-state index contributed by atoms with van der Waals surface area (Å²) >= 11 is 12.0. The first-order valence-corrected chi connectivity index (χ1v) is 7.84. The number of halogens is 2. The molecule has 0 saturated heterocycles. The number of amides is 1. The summed E-state index contributed by atoms with van der Waals surface area (Å²) in [6, 6.07) is 11.7. The van der Waals surface area contributed by atoms with Crippen LogP contribution in [0.3, 0.4) is 0 Å². The standard InChI is InChI=1S/C17H15Cl2NO2/c18-14-7-6-12(9-15(14)19)11-5-4-10-2-1-3-16(13(10)8-11)22-17(20)21/h4-9,16H,1-3H2,(H2,20,21). The molecule has 0 spiro atoms. The maximum absolute atomic E-state index is 11.1. The zero-order chi connectivity index (χ0) is 15.7. The van der Waals surface area contributed by atoms with Gasteiger partial charge in [0.15, 0.2) is 0 Å². The molecule has 0 aliphatic heterocycles. The van der Waals surface area contributed by atoms with E-state index in [-0.39, 0.29) is 6.10 Å². The van der Waals surface area contributed by atoms with E-state index >= 15 is 0 Å². The molecule has 1 aliphatic rings. The topological polar surface area (TPSA) is 52.3 Å². The molecule has 1 amide bonds. The summed E-state index contributed by atoms with van der Waals surface area (Å²) in [6.07, 6.45) is 1.75. The molecule has 0 fully saturated rings. The van der Waals surface area contributed by atoms with E-state index in [0.717, 1.165) is 36.0 Å². The smallest absolute Gasteiger partial charge is 0.405 e. The number of fused-ring (bicyclic) bond motifs is 1. The lowest BCUT2D eigenvalue weighted by molar-refractivity contribution is 0.0959. The molecule has 114 valence electrons. The lowest BCUT2D eigenvalue weighted by Gasteiger charge is -2.25. The van der Waals surface area contributed by atoms with E-state index in [9.17, 15) is 4.79 Å². The van der Waals surface area contributed by atoms with Crippen molar-refractivity contribution in [1.82, 2.24) is 0 Å². The van der Waals surface area contributed by atoms with Crippen LogP contribution in [0.4, 0.5) is 4.79 Å². The fraction of sp³-hybridized carbons (Fsp3) is 0.235. The van der Waals surface area contributed by atoms with E-state index in [0.29, 0.717) is 10.0 Å². The van der Waals surface area contributed by atoms with Gasteiger partial charge in [-0.05, 0) is 59.7 Å². The summed E-state index contributed by atoms with van der Waals surface area (Å²) in [5.41, 5.74) is 9.37. The van der Waals surface area contributed by atoms with Crippen LogP contribution >= 0.6 is 23.2 Å². The minimum absolute atomic E-state index is 0.274. The minimum Gasteiger partial charge on any atom is -0.442 e. The van der Waals surface area contributed by atoms with Crippen molar-refractivity contribution in [3.05, 3.63) is 57.6 Å². The predicted octanol–water partition coefficient (Wildman–Crippen LogP) is 5.13. The van der Waals surface area contributed by atoms with Gasteiger partial charge >= 0.3 is 6.09 Å². The maximum atomic E-state index is 11.1. The van der Waals surface area contributed by atoms with Crippen LogP contribution in [-0.4, -0.2) is 6.09 Å². The van der Waals surface area contributed by atoms with Crippen molar-refractivity contribution in [3.8, 4) is 11.1 Å². The normalized spacial score (nSPS) is 16.9. The van der Waals surface area contributed by atoms with Crippen molar-refractivity contribution < 1.29 is 9.53 Å². The number of hydrogen-bond acceptors (Lipinski definition) is 2. The number of nitrogens with two attached hydrogens (primary N) is 1.